The normalized spacial score (nSPS) is 19.3. The summed E-state index contributed by atoms with van der Waals surface area (Å²) in [4.78, 5) is 14.3. The number of oxazole rings is 1. The van der Waals surface area contributed by atoms with Crippen LogP contribution in [0.15, 0.2) is 9.41 Å². The second-order valence-corrected chi connectivity index (χ2v) is 8.42. The van der Waals surface area contributed by atoms with Crippen LogP contribution in [0.2, 0.25) is 0 Å². The molecule has 1 aromatic rings. The molecule has 8 nitrogen and oxygen atoms in total. The van der Waals surface area contributed by atoms with Crippen molar-refractivity contribution >= 4 is 29.9 Å². The van der Waals surface area contributed by atoms with Gasteiger partial charge in [0.25, 0.3) is 0 Å². The average molecular weight is 549 g/mol. The van der Waals surface area contributed by atoms with Gasteiger partial charge in [0.15, 0.2) is 5.96 Å². The lowest BCUT2D eigenvalue weighted by Gasteiger charge is -2.30. The quantitative estimate of drug-likeness (QED) is 0.213. The van der Waals surface area contributed by atoms with Crippen LogP contribution in [0.3, 0.4) is 0 Å². The Labute approximate surface area is 204 Å². The van der Waals surface area contributed by atoms with Crippen molar-refractivity contribution in [1.29, 1.82) is 0 Å². The number of guanidine groups is 1. The van der Waals surface area contributed by atoms with Gasteiger partial charge in [-0.25, -0.2) is 4.98 Å². The molecule has 2 N–H and O–H groups in total. The number of piperidine rings is 1. The molecule has 3 heterocycles. The van der Waals surface area contributed by atoms with Gasteiger partial charge in [-0.15, -0.1) is 24.0 Å². The summed E-state index contributed by atoms with van der Waals surface area (Å²) in [6.07, 6.45) is 3.49. The fraction of sp³-hybridized carbons (Fsp3) is 0.818. The molecule has 178 valence electrons. The van der Waals surface area contributed by atoms with Crippen molar-refractivity contribution in [3.8, 4) is 0 Å². The number of aromatic nitrogens is 1. The van der Waals surface area contributed by atoms with E-state index < -0.39 is 0 Å². The molecule has 0 atom stereocenters. The maximum absolute atomic E-state index is 5.73. The van der Waals surface area contributed by atoms with Crippen molar-refractivity contribution < 1.29 is 9.15 Å². The summed E-state index contributed by atoms with van der Waals surface area (Å²) in [7, 11) is 0. The van der Waals surface area contributed by atoms with Crippen molar-refractivity contribution in [3.63, 3.8) is 0 Å². The third kappa shape index (κ3) is 9.23. The minimum Gasteiger partial charge on any atom is -0.444 e. The molecule has 0 radical (unpaired) electrons. The first-order chi connectivity index (χ1) is 14.6. The number of nitrogens with one attached hydrogen (secondary N) is 2. The van der Waals surface area contributed by atoms with Crippen LogP contribution in [-0.4, -0.2) is 86.3 Å². The first-order valence-corrected chi connectivity index (χ1v) is 11.6. The summed E-state index contributed by atoms with van der Waals surface area (Å²) in [6.45, 7) is 16.8. The summed E-state index contributed by atoms with van der Waals surface area (Å²) in [6, 6.07) is 0. The van der Waals surface area contributed by atoms with Gasteiger partial charge in [0.1, 0.15) is 5.76 Å². The molecule has 2 aliphatic heterocycles. The van der Waals surface area contributed by atoms with Gasteiger partial charge in [-0.1, -0.05) is 0 Å². The molecule has 0 spiro atoms. The van der Waals surface area contributed by atoms with E-state index in [4.69, 9.17) is 14.1 Å². The van der Waals surface area contributed by atoms with E-state index in [0.29, 0.717) is 5.92 Å². The number of morpholine rings is 1. The van der Waals surface area contributed by atoms with E-state index in [0.717, 1.165) is 102 Å². The number of halogens is 1. The summed E-state index contributed by atoms with van der Waals surface area (Å²) >= 11 is 0. The van der Waals surface area contributed by atoms with Gasteiger partial charge in [-0.3, -0.25) is 14.8 Å². The highest BCUT2D eigenvalue weighted by atomic mass is 127. The van der Waals surface area contributed by atoms with Crippen LogP contribution in [0, 0.1) is 19.8 Å². The Hall–Kier alpha value is -0.910. The molecular formula is C22H41IN6O2. The molecule has 0 aliphatic carbocycles. The Balaban J connectivity index is 0.00000341. The number of hydrogen-bond donors (Lipinski definition) is 2. The van der Waals surface area contributed by atoms with Crippen LogP contribution in [-0.2, 0) is 11.3 Å². The van der Waals surface area contributed by atoms with Gasteiger partial charge in [-0.2, -0.15) is 0 Å². The van der Waals surface area contributed by atoms with E-state index in [1.165, 1.54) is 12.8 Å². The van der Waals surface area contributed by atoms with Crippen LogP contribution < -0.4 is 10.6 Å². The Bertz CT molecular complexity index is 635. The minimum atomic E-state index is 0. The third-order valence-electron chi connectivity index (χ3n) is 6.04. The highest BCUT2D eigenvalue weighted by Crippen LogP contribution is 2.20. The number of hydrogen-bond acceptors (Lipinski definition) is 6. The van der Waals surface area contributed by atoms with Crippen LogP contribution in [0.5, 0.6) is 0 Å². The summed E-state index contributed by atoms with van der Waals surface area (Å²) in [5, 5.41) is 6.88. The predicted octanol–water partition coefficient (Wildman–Crippen LogP) is 2.40. The van der Waals surface area contributed by atoms with Crippen LogP contribution in [0.1, 0.15) is 43.5 Å². The Morgan fingerprint density at radius 2 is 1.84 bits per heavy atom. The minimum absolute atomic E-state index is 0. The van der Waals surface area contributed by atoms with Crippen molar-refractivity contribution in [2.75, 3.05) is 65.6 Å². The lowest BCUT2D eigenvalue weighted by molar-refractivity contribution is 0.0376. The summed E-state index contributed by atoms with van der Waals surface area (Å²) in [5.41, 5.74) is 1.00. The summed E-state index contributed by atoms with van der Waals surface area (Å²) < 4.78 is 11.1. The molecule has 31 heavy (non-hydrogen) atoms. The molecule has 2 aliphatic rings. The third-order valence-corrected chi connectivity index (χ3v) is 6.04. The second-order valence-electron chi connectivity index (χ2n) is 8.42. The van der Waals surface area contributed by atoms with E-state index in [-0.39, 0.29) is 24.0 Å². The number of aliphatic imine (C=N–C) groups is 1. The predicted molar refractivity (Wildman–Crippen MR) is 135 cm³/mol. The number of likely N-dealkylation sites (tertiary alicyclic amines) is 1. The molecule has 3 rings (SSSR count). The zero-order valence-corrected chi connectivity index (χ0v) is 21.8. The van der Waals surface area contributed by atoms with Crippen LogP contribution >= 0.6 is 24.0 Å². The molecule has 2 fully saturated rings. The van der Waals surface area contributed by atoms with Crippen molar-refractivity contribution in [2.45, 2.75) is 46.6 Å². The second kappa shape index (κ2) is 14.3. The zero-order valence-electron chi connectivity index (χ0n) is 19.5. The molecule has 1 aromatic heterocycles. The van der Waals surface area contributed by atoms with E-state index in [9.17, 15) is 0 Å². The van der Waals surface area contributed by atoms with Crippen LogP contribution in [0.25, 0.3) is 0 Å². The van der Waals surface area contributed by atoms with Crippen molar-refractivity contribution in [1.82, 2.24) is 25.4 Å². The molecule has 0 aromatic carbocycles. The van der Waals surface area contributed by atoms with E-state index in [2.05, 4.69) is 32.3 Å². The highest BCUT2D eigenvalue weighted by Gasteiger charge is 2.21. The summed E-state index contributed by atoms with van der Waals surface area (Å²) in [5.74, 6) is 3.38. The standard InChI is InChI=1S/C22H40N6O2.HI/c1-4-23-22(24-8-5-9-27-12-14-29-15-13-27)25-16-20-6-10-28(11-7-20)17-21-26-18(2)19(3)30-21;/h20H,4-17H2,1-3H3,(H2,23,24,25);1H. The first-order valence-electron chi connectivity index (χ1n) is 11.6. The van der Waals surface area contributed by atoms with Gasteiger partial charge in [0, 0.05) is 32.7 Å². The Morgan fingerprint density at radius 1 is 1.10 bits per heavy atom. The van der Waals surface area contributed by atoms with Gasteiger partial charge >= 0.3 is 0 Å². The molecule has 0 bridgehead atoms. The lowest BCUT2D eigenvalue weighted by atomic mass is 9.97. The molecule has 0 unspecified atom stereocenters. The Kier molecular flexibility index (Phi) is 12.1. The number of ether oxygens (including phenoxy) is 1. The van der Waals surface area contributed by atoms with Gasteiger partial charge in [-0.05, 0) is 65.6 Å². The van der Waals surface area contributed by atoms with Crippen LogP contribution in [0.4, 0.5) is 0 Å². The molecule has 2 saturated heterocycles. The first kappa shape index (κ1) is 26.3. The fourth-order valence-corrected chi connectivity index (χ4v) is 4.02. The molecule has 0 saturated carbocycles. The topological polar surface area (TPSA) is 78.2 Å². The molecular weight excluding hydrogens is 507 g/mol. The highest BCUT2D eigenvalue weighted by molar-refractivity contribution is 14.0. The van der Waals surface area contributed by atoms with Gasteiger partial charge < -0.3 is 19.8 Å². The monoisotopic (exact) mass is 548 g/mol. The van der Waals surface area contributed by atoms with Crippen molar-refractivity contribution in [3.05, 3.63) is 17.3 Å². The Morgan fingerprint density at radius 3 is 2.48 bits per heavy atom. The molecule has 0 amide bonds. The largest absolute Gasteiger partial charge is 0.444 e. The van der Waals surface area contributed by atoms with Crippen molar-refractivity contribution in [2.24, 2.45) is 10.9 Å². The number of nitrogens with zero attached hydrogens (tertiary/aromatic N) is 4. The lowest BCUT2D eigenvalue weighted by Crippen LogP contribution is -2.41. The molecule has 9 heteroatoms. The zero-order chi connectivity index (χ0) is 21.2. The van der Waals surface area contributed by atoms with Gasteiger partial charge in [0.05, 0.1) is 25.5 Å². The van der Waals surface area contributed by atoms with E-state index in [1.54, 1.807) is 0 Å². The SMILES string of the molecule is CCNC(=NCC1CCN(Cc2nc(C)c(C)o2)CC1)NCCCN1CCOCC1.I. The fourth-order valence-electron chi connectivity index (χ4n) is 4.02. The van der Waals surface area contributed by atoms with Gasteiger partial charge in [0.2, 0.25) is 5.89 Å². The smallest absolute Gasteiger partial charge is 0.208 e. The maximum Gasteiger partial charge on any atom is 0.208 e. The van der Waals surface area contributed by atoms with E-state index >= 15 is 0 Å². The maximum atomic E-state index is 5.73. The average Bonchev–Trinajstić information content (AvgIpc) is 3.07. The van der Waals surface area contributed by atoms with E-state index in [1.807, 2.05) is 13.8 Å². The number of rotatable bonds is 9. The number of aryl methyl sites for hydroxylation is 2.